The topological polar surface area (TPSA) is 94.5 Å². The van der Waals surface area contributed by atoms with Crippen LogP contribution in [-0.2, 0) is 0 Å². The number of aliphatic hydroxyl groups excluding tert-OH is 1. The highest BCUT2D eigenvalue weighted by Crippen LogP contribution is 2.36. The highest BCUT2D eigenvalue weighted by molar-refractivity contribution is 5.84. The van der Waals surface area contributed by atoms with Crippen LogP contribution in [0.15, 0.2) is 49.2 Å². The number of nitrogens with zero attached hydrogens (tertiary/aromatic N) is 3. The third-order valence-corrected chi connectivity index (χ3v) is 5.40. The first-order chi connectivity index (χ1) is 13.4. The number of H-pyrrole nitrogens is 1. The quantitative estimate of drug-likeness (QED) is 0.569. The molecule has 1 fully saturated rings. The van der Waals surface area contributed by atoms with Gasteiger partial charge in [0.2, 0.25) is 0 Å². The van der Waals surface area contributed by atoms with Gasteiger partial charge >= 0.3 is 0 Å². The summed E-state index contributed by atoms with van der Waals surface area (Å²) >= 11 is 0. The Labute approximate surface area is 163 Å². The summed E-state index contributed by atoms with van der Waals surface area (Å²) < 4.78 is 6.44. The molecular formula is C21H24N4O3. The molecule has 3 N–H and O–H groups in total. The van der Waals surface area contributed by atoms with E-state index in [2.05, 4.69) is 35.6 Å². The monoisotopic (exact) mass is 380 g/mol. The third kappa shape index (κ3) is 3.34. The molecule has 7 heteroatoms. The molecule has 0 saturated carbocycles. The molecule has 3 aromatic rings. The molecule has 0 aliphatic carbocycles. The Balaban J connectivity index is 1.62. The average molecular weight is 380 g/mol. The van der Waals surface area contributed by atoms with Crippen molar-refractivity contribution in [3.8, 4) is 22.8 Å². The van der Waals surface area contributed by atoms with Crippen molar-refractivity contribution >= 4 is 11.0 Å². The minimum absolute atomic E-state index is 0.209. The minimum Gasteiger partial charge on any atom is -0.508 e. The van der Waals surface area contributed by atoms with Crippen molar-refractivity contribution in [2.75, 3.05) is 13.1 Å². The lowest BCUT2D eigenvalue weighted by atomic mass is 9.84. The molecule has 28 heavy (non-hydrogen) atoms. The van der Waals surface area contributed by atoms with Crippen LogP contribution in [0, 0.1) is 5.92 Å². The van der Waals surface area contributed by atoms with Gasteiger partial charge in [0.25, 0.3) is 0 Å². The van der Waals surface area contributed by atoms with Crippen molar-refractivity contribution in [3.05, 3.63) is 49.2 Å². The van der Waals surface area contributed by atoms with E-state index in [-0.39, 0.29) is 11.7 Å². The van der Waals surface area contributed by atoms with E-state index in [1.807, 2.05) is 23.1 Å². The van der Waals surface area contributed by atoms with Gasteiger partial charge in [-0.2, -0.15) is 5.10 Å². The van der Waals surface area contributed by atoms with Gasteiger partial charge in [0.15, 0.2) is 5.65 Å². The maximum atomic E-state index is 9.88. The molecule has 1 saturated heterocycles. The van der Waals surface area contributed by atoms with Gasteiger partial charge in [0, 0.05) is 30.6 Å². The number of aromatic hydroxyl groups is 1. The van der Waals surface area contributed by atoms with Crippen LogP contribution in [0.4, 0.5) is 0 Å². The molecule has 0 spiro atoms. The summed E-state index contributed by atoms with van der Waals surface area (Å²) in [7, 11) is 0. The minimum atomic E-state index is -0.616. The molecular weight excluding hydrogens is 356 g/mol. The molecule has 146 valence electrons. The number of hydrogen-bond acceptors (Lipinski definition) is 6. The van der Waals surface area contributed by atoms with Gasteiger partial charge < -0.3 is 14.9 Å². The van der Waals surface area contributed by atoms with Crippen molar-refractivity contribution in [2.24, 2.45) is 5.92 Å². The third-order valence-electron chi connectivity index (χ3n) is 5.40. The Kier molecular flexibility index (Phi) is 4.56. The summed E-state index contributed by atoms with van der Waals surface area (Å²) in [6.07, 6.45) is 2.63. The van der Waals surface area contributed by atoms with Gasteiger partial charge in [-0.15, -0.1) is 0 Å². The normalized spacial score (nSPS) is 16.7. The summed E-state index contributed by atoms with van der Waals surface area (Å²) in [4.78, 5) is 6.57. The largest absolute Gasteiger partial charge is 0.508 e. The second kappa shape index (κ2) is 6.92. The van der Waals surface area contributed by atoms with Gasteiger partial charge in [0.05, 0.1) is 17.3 Å². The van der Waals surface area contributed by atoms with Crippen LogP contribution in [0.25, 0.3) is 22.3 Å². The summed E-state index contributed by atoms with van der Waals surface area (Å²) in [5.41, 5.74) is 1.82. The zero-order valence-electron chi connectivity index (χ0n) is 16.0. The van der Waals surface area contributed by atoms with E-state index in [1.54, 1.807) is 18.3 Å². The standard InChI is InChI=1S/C21H24N4O3/c1-4-19(27)25-11-14(12-25)21(2,3)28-18-9-17(13-5-7-15(26)8-6-13)23-20-16(18)10-22-24-20/h4-10,14,19,26-27H,1,11-12H2,2-3H3,(H,22,23,24). The Morgan fingerprint density at radius 3 is 2.71 bits per heavy atom. The number of likely N-dealkylation sites (tertiary alicyclic amines) is 1. The van der Waals surface area contributed by atoms with Crippen molar-refractivity contribution in [3.63, 3.8) is 0 Å². The van der Waals surface area contributed by atoms with Crippen LogP contribution < -0.4 is 4.74 Å². The first-order valence-electron chi connectivity index (χ1n) is 9.24. The second-order valence-corrected chi connectivity index (χ2v) is 7.69. The van der Waals surface area contributed by atoms with E-state index in [9.17, 15) is 10.2 Å². The molecule has 0 radical (unpaired) electrons. The number of hydrogen-bond donors (Lipinski definition) is 3. The van der Waals surface area contributed by atoms with E-state index in [0.29, 0.717) is 11.4 Å². The lowest BCUT2D eigenvalue weighted by Gasteiger charge is -2.48. The van der Waals surface area contributed by atoms with E-state index < -0.39 is 11.8 Å². The fourth-order valence-electron chi connectivity index (χ4n) is 3.45. The molecule has 1 aliphatic heterocycles. The number of fused-ring (bicyclic) bond motifs is 1. The number of ether oxygens (including phenoxy) is 1. The molecule has 1 atom stereocenters. The first-order valence-corrected chi connectivity index (χ1v) is 9.24. The van der Waals surface area contributed by atoms with Crippen LogP contribution in [0.2, 0.25) is 0 Å². The average Bonchev–Trinajstić information content (AvgIpc) is 3.09. The molecule has 2 aromatic heterocycles. The number of nitrogens with one attached hydrogen (secondary N) is 1. The summed E-state index contributed by atoms with van der Waals surface area (Å²) in [6, 6.07) is 8.80. The summed E-state index contributed by atoms with van der Waals surface area (Å²) in [6.45, 7) is 9.23. The van der Waals surface area contributed by atoms with Crippen LogP contribution in [-0.4, -0.2) is 55.2 Å². The molecule has 0 bridgehead atoms. The fourth-order valence-corrected chi connectivity index (χ4v) is 3.45. The summed E-state index contributed by atoms with van der Waals surface area (Å²) in [5.74, 6) is 1.18. The number of aliphatic hydroxyl groups is 1. The number of aromatic amines is 1. The van der Waals surface area contributed by atoms with Gasteiger partial charge in [0.1, 0.15) is 23.3 Å². The zero-order chi connectivity index (χ0) is 19.9. The van der Waals surface area contributed by atoms with Crippen LogP contribution in [0.3, 0.4) is 0 Å². The predicted octanol–water partition coefficient (Wildman–Crippen LogP) is 2.92. The zero-order valence-corrected chi connectivity index (χ0v) is 16.0. The molecule has 7 nitrogen and oxygen atoms in total. The number of aromatic nitrogens is 3. The predicted molar refractivity (Wildman–Crippen MR) is 107 cm³/mol. The Hall–Kier alpha value is -2.90. The number of rotatable bonds is 6. The van der Waals surface area contributed by atoms with Crippen molar-refractivity contribution < 1.29 is 14.9 Å². The Morgan fingerprint density at radius 1 is 1.32 bits per heavy atom. The molecule has 0 amide bonds. The fraction of sp³-hybridized carbons (Fsp3) is 0.333. The SMILES string of the molecule is C=CC(O)N1CC(C(C)(C)Oc2cc(-c3ccc(O)cc3)nc3[nH]ncc23)C1. The van der Waals surface area contributed by atoms with Gasteiger partial charge in [-0.25, -0.2) is 4.98 Å². The van der Waals surface area contributed by atoms with Crippen LogP contribution in [0.5, 0.6) is 11.5 Å². The van der Waals surface area contributed by atoms with Crippen LogP contribution >= 0.6 is 0 Å². The van der Waals surface area contributed by atoms with Crippen LogP contribution in [0.1, 0.15) is 13.8 Å². The van der Waals surface area contributed by atoms with E-state index in [4.69, 9.17) is 4.74 Å². The highest BCUT2D eigenvalue weighted by Gasteiger charge is 2.42. The maximum Gasteiger partial charge on any atom is 0.159 e. The van der Waals surface area contributed by atoms with E-state index in [1.165, 1.54) is 6.08 Å². The maximum absolute atomic E-state index is 9.88. The van der Waals surface area contributed by atoms with E-state index >= 15 is 0 Å². The van der Waals surface area contributed by atoms with Crippen molar-refractivity contribution in [1.29, 1.82) is 0 Å². The highest BCUT2D eigenvalue weighted by atomic mass is 16.5. The Morgan fingerprint density at radius 2 is 2.04 bits per heavy atom. The van der Waals surface area contributed by atoms with Crippen molar-refractivity contribution in [2.45, 2.75) is 25.7 Å². The first kappa shape index (κ1) is 18.5. The van der Waals surface area contributed by atoms with E-state index in [0.717, 1.165) is 29.7 Å². The number of pyridine rings is 1. The van der Waals surface area contributed by atoms with Gasteiger partial charge in [-0.3, -0.25) is 10.00 Å². The lowest BCUT2D eigenvalue weighted by molar-refractivity contribution is -0.0978. The number of phenolic OH excluding ortho intramolecular Hbond substituents is 1. The lowest BCUT2D eigenvalue weighted by Crippen LogP contribution is -2.60. The molecule has 4 rings (SSSR count). The molecule has 1 aromatic carbocycles. The smallest absolute Gasteiger partial charge is 0.159 e. The number of phenols is 1. The number of benzene rings is 1. The van der Waals surface area contributed by atoms with Crippen molar-refractivity contribution in [1.82, 2.24) is 20.1 Å². The van der Waals surface area contributed by atoms with Gasteiger partial charge in [-0.1, -0.05) is 6.58 Å². The van der Waals surface area contributed by atoms with Gasteiger partial charge in [-0.05, 0) is 44.2 Å². The summed E-state index contributed by atoms with van der Waals surface area (Å²) in [5, 5.41) is 27.2. The second-order valence-electron chi connectivity index (χ2n) is 7.69. The Bertz CT molecular complexity index is 991. The molecule has 1 unspecified atom stereocenters. The molecule has 3 heterocycles. The molecule has 1 aliphatic rings.